The maximum absolute atomic E-state index is 13.7. The average molecular weight is 522 g/mol. The van der Waals surface area contributed by atoms with Gasteiger partial charge >= 0.3 is 0 Å². The third-order valence-electron chi connectivity index (χ3n) is 5.85. The number of hydrogen-bond acceptors (Lipinski definition) is 6. The molecule has 4 aromatic rings. The quantitative estimate of drug-likeness (QED) is 0.302. The highest BCUT2D eigenvalue weighted by atomic mass is 35.5. The Morgan fingerprint density at radius 1 is 1.08 bits per heavy atom. The van der Waals surface area contributed by atoms with Crippen LogP contribution in [0.25, 0.3) is 11.4 Å². The van der Waals surface area contributed by atoms with Crippen LogP contribution in [0.15, 0.2) is 78.0 Å². The van der Waals surface area contributed by atoms with E-state index in [-0.39, 0.29) is 11.7 Å². The van der Waals surface area contributed by atoms with E-state index in [0.29, 0.717) is 55.7 Å². The smallest absolute Gasteiger partial charge is 0.255 e. The number of aromatic nitrogens is 3. The van der Waals surface area contributed by atoms with E-state index in [1.54, 1.807) is 73.3 Å². The van der Waals surface area contributed by atoms with E-state index in [0.717, 1.165) is 0 Å². The van der Waals surface area contributed by atoms with Crippen molar-refractivity contribution in [3.63, 3.8) is 0 Å². The monoisotopic (exact) mass is 521 g/mol. The summed E-state index contributed by atoms with van der Waals surface area (Å²) in [5.41, 5.74) is 2.79. The van der Waals surface area contributed by atoms with Crippen molar-refractivity contribution in [1.82, 2.24) is 14.8 Å². The van der Waals surface area contributed by atoms with Crippen molar-refractivity contribution >= 4 is 40.7 Å². The minimum Gasteiger partial charge on any atom is -0.508 e. The lowest BCUT2D eigenvalue weighted by molar-refractivity contribution is -0.113. The SMILES string of the molecule is COc1ccccc1NC(=O)C1=C(C)Nc2nc(-c3ccc(O)cc3)nn2C1c1cccc(Cl)c1Cl. The molecule has 1 atom stereocenters. The second-order valence-corrected chi connectivity index (χ2v) is 8.90. The number of fused-ring (bicyclic) bond motifs is 1. The summed E-state index contributed by atoms with van der Waals surface area (Å²) in [6.45, 7) is 1.79. The van der Waals surface area contributed by atoms with Gasteiger partial charge in [-0.2, -0.15) is 4.98 Å². The fraction of sp³-hybridized carbons (Fsp3) is 0.115. The number of aromatic hydroxyl groups is 1. The summed E-state index contributed by atoms with van der Waals surface area (Å²) < 4.78 is 7.01. The van der Waals surface area contributed by atoms with Crippen LogP contribution in [0, 0.1) is 0 Å². The summed E-state index contributed by atoms with van der Waals surface area (Å²) in [6.07, 6.45) is 0. The number of methoxy groups -OCH3 is 1. The maximum Gasteiger partial charge on any atom is 0.255 e. The van der Waals surface area contributed by atoms with Crippen molar-refractivity contribution in [2.75, 3.05) is 17.7 Å². The molecule has 0 spiro atoms. The molecule has 0 bridgehead atoms. The third-order valence-corrected chi connectivity index (χ3v) is 6.69. The molecule has 1 aliphatic rings. The van der Waals surface area contributed by atoms with E-state index in [9.17, 15) is 9.90 Å². The Kier molecular flexibility index (Phi) is 6.30. The second kappa shape index (κ2) is 9.56. The van der Waals surface area contributed by atoms with Crippen LogP contribution in [0.5, 0.6) is 11.5 Å². The molecule has 182 valence electrons. The zero-order valence-corrected chi connectivity index (χ0v) is 20.8. The Labute approximate surface area is 217 Å². The van der Waals surface area contributed by atoms with Gasteiger partial charge in [-0.05, 0) is 49.4 Å². The first kappa shape index (κ1) is 23.7. The molecule has 36 heavy (non-hydrogen) atoms. The standard InChI is InChI=1S/C26H21Cl2N5O3/c1-14-21(25(35)30-19-8-3-4-9-20(19)36-2)23(17-6-5-7-18(27)22(17)28)33-26(29-14)31-24(32-33)15-10-12-16(34)13-11-15/h3-13,23,34H,1-2H3,(H,30,35)(H,29,31,32). The Morgan fingerprint density at radius 2 is 1.83 bits per heavy atom. The highest BCUT2D eigenvalue weighted by molar-refractivity contribution is 6.42. The first-order chi connectivity index (χ1) is 17.4. The van der Waals surface area contributed by atoms with Gasteiger partial charge in [0.15, 0.2) is 5.82 Å². The minimum absolute atomic E-state index is 0.136. The largest absolute Gasteiger partial charge is 0.508 e. The number of hydrogen-bond donors (Lipinski definition) is 3. The van der Waals surface area contributed by atoms with Gasteiger partial charge in [0.05, 0.1) is 28.4 Å². The molecule has 1 aliphatic heterocycles. The van der Waals surface area contributed by atoms with Crippen molar-refractivity contribution < 1.29 is 14.6 Å². The molecule has 3 N–H and O–H groups in total. The number of anilines is 2. The van der Waals surface area contributed by atoms with Crippen LogP contribution < -0.4 is 15.4 Å². The van der Waals surface area contributed by atoms with Crippen LogP contribution in [0.3, 0.4) is 0 Å². The first-order valence-corrected chi connectivity index (χ1v) is 11.7. The summed E-state index contributed by atoms with van der Waals surface area (Å²) >= 11 is 13.0. The molecule has 1 aromatic heterocycles. The molecular weight excluding hydrogens is 501 g/mol. The second-order valence-electron chi connectivity index (χ2n) is 8.11. The molecule has 3 aromatic carbocycles. The van der Waals surface area contributed by atoms with Crippen molar-refractivity contribution in [3.8, 4) is 22.9 Å². The molecule has 5 rings (SSSR count). The van der Waals surface area contributed by atoms with Gasteiger partial charge in [-0.3, -0.25) is 4.79 Å². The van der Waals surface area contributed by atoms with Crippen molar-refractivity contribution in [3.05, 3.63) is 93.6 Å². The number of amides is 1. The molecule has 8 nitrogen and oxygen atoms in total. The number of para-hydroxylation sites is 2. The number of carbonyl (C=O) groups is 1. The fourth-order valence-electron chi connectivity index (χ4n) is 4.13. The van der Waals surface area contributed by atoms with E-state index in [1.165, 1.54) is 0 Å². The van der Waals surface area contributed by atoms with Gasteiger partial charge < -0.3 is 20.5 Å². The van der Waals surface area contributed by atoms with E-state index in [2.05, 4.69) is 15.6 Å². The Hall–Kier alpha value is -4.01. The maximum atomic E-state index is 13.7. The molecule has 1 amide bonds. The summed E-state index contributed by atoms with van der Waals surface area (Å²) in [4.78, 5) is 18.4. The van der Waals surface area contributed by atoms with E-state index in [4.69, 9.17) is 33.0 Å². The first-order valence-electron chi connectivity index (χ1n) is 11.0. The molecule has 0 fully saturated rings. The number of phenolic OH excluding ortho intramolecular Hbond substituents is 1. The fourth-order valence-corrected chi connectivity index (χ4v) is 4.55. The number of phenols is 1. The topological polar surface area (TPSA) is 101 Å². The minimum atomic E-state index is -0.722. The highest BCUT2D eigenvalue weighted by Crippen LogP contribution is 2.41. The van der Waals surface area contributed by atoms with E-state index in [1.807, 2.05) is 12.1 Å². The van der Waals surface area contributed by atoms with Crippen LogP contribution in [0.4, 0.5) is 11.6 Å². The number of allylic oxidation sites excluding steroid dienone is 1. The van der Waals surface area contributed by atoms with Crippen LogP contribution in [0.1, 0.15) is 18.5 Å². The lowest BCUT2D eigenvalue weighted by Gasteiger charge is -2.29. The zero-order chi connectivity index (χ0) is 25.4. The van der Waals surface area contributed by atoms with E-state index < -0.39 is 6.04 Å². The molecule has 0 radical (unpaired) electrons. The van der Waals surface area contributed by atoms with Gasteiger partial charge in [0.25, 0.3) is 5.91 Å². The molecule has 1 unspecified atom stereocenters. The predicted molar refractivity (Wildman–Crippen MR) is 140 cm³/mol. The van der Waals surface area contributed by atoms with Gasteiger partial charge in [0.1, 0.15) is 17.5 Å². The number of nitrogens with one attached hydrogen (secondary N) is 2. The molecular formula is C26H21Cl2N5O3. The van der Waals surface area contributed by atoms with E-state index >= 15 is 0 Å². The molecule has 0 saturated heterocycles. The van der Waals surface area contributed by atoms with Gasteiger partial charge in [-0.25, -0.2) is 4.68 Å². The van der Waals surface area contributed by atoms with Crippen LogP contribution in [-0.4, -0.2) is 32.9 Å². The lowest BCUT2D eigenvalue weighted by Crippen LogP contribution is -2.31. The summed E-state index contributed by atoms with van der Waals surface area (Å²) in [5, 5.41) is 21.2. The number of ether oxygens (including phenoxy) is 1. The van der Waals surface area contributed by atoms with Gasteiger partial charge in [0, 0.05) is 16.8 Å². The highest BCUT2D eigenvalue weighted by Gasteiger charge is 2.36. The lowest BCUT2D eigenvalue weighted by atomic mass is 9.95. The predicted octanol–water partition coefficient (Wildman–Crippen LogP) is 5.89. The molecule has 0 aliphatic carbocycles. The van der Waals surface area contributed by atoms with Crippen molar-refractivity contribution in [1.29, 1.82) is 0 Å². The third kappa shape index (κ3) is 4.25. The van der Waals surface area contributed by atoms with Crippen LogP contribution >= 0.6 is 23.2 Å². The van der Waals surface area contributed by atoms with Gasteiger partial charge in [-0.1, -0.05) is 47.5 Å². The van der Waals surface area contributed by atoms with Gasteiger partial charge in [0.2, 0.25) is 5.95 Å². The van der Waals surface area contributed by atoms with Crippen LogP contribution in [-0.2, 0) is 4.79 Å². The summed E-state index contributed by atoms with van der Waals surface area (Å²) in [7, 11) is 1.54. The number of halogens is 2. The Balaban J connectivity index is 1.63. The zero-order valence-electron chi connectivity index (χ0n) is 19.3. The molecule has 10 heteroatoms. The Bertz CT molecular complexity index is 1500. The summed E-state index contributed by atoms with van der Waals surface area (Å²) in [6, 6.07) is 18.2. The molecule has 2 heterocycles. The van der Waals surface area contributed by atoms with Gasteiger partial charge in [-0.15, -0.1) is 5.10 Å². The number of rotatable bonds is 5. The normalized spacial score (nSPS) is 14.7. The Morgan fingerprint density at radius 3 is 2.58 bits per heavy atom. The van der Waals surface area contributed by atoms with Crippen molar-refractivity contribution in [2.24, 2.45) is 0 Å². The average Bonchev–Trinajstić information content (AvgIpc) is 3.29. The van der Waals surface area contributed by atoms with Crippen LogP contribution in [0.2, 0.25) is 10.0 Å². The number of nitrogens with zero attached hydrogens (tertiary/aromatic N) is 3. The molecule has 0 saturated carbocycles. The number of benzene rings is 3. The van der Waals surface area contributed by atoms with Crippen molar-refractivity contribution in [2.45, 2.75) is 13.0 Å². The summed E-state index contributed by atoms with van der Waals surface area (Å²) in [5.74, 6) is 1.15. The number of carbonyl (C=O) groups excluding carboxylic acids is 1.